The van der Waals surface area contributed by atoms with Gasteiger partial charge in [-0.2, -0.15) is 13.2 Å². The quantitative estimate of drug-likeness (QED) is 0.764. The lowest BCUT2D eigenvalue weighted by Gasteiger charge is -2.07. The average Bonchev–Trinajstić information content (AvgIpc) is 2.80. The van der Waals surface area contributed by atoms with Crippen LogP contribution in [0.5, 0.6) is 0 Å². The van der Waals surface area contributed by atoms with E-state index in [1.54, 1.807) is 12.3 Å². The van der Waals surface area contributed by atoms with Crippen LogP contribution in [0.2, 0.25) is 5.02 Å². The molecule has 0 radical (unpaired) electrons. The van der Waals surface area contributed by atoms with Crippen LogP contribution in [0.1, 0.15) is 16.7 Å². The zero-order valence-electron chi connectivity index (χ0n) is 10.1. The predicted molar refractivity (Wildman–Crippen MR) is 70.6 cm³/mol. The van der Waals surface area contributed by atoms with E-state index in [1.165, 1.54) is 12.3 Å². The summed E-state index contributed by atoms with van der Waals surface area (Å²) in [6, 6.07) is 5.31. The van der Waals surface area contributed by atoms with Crippen molar-refractivity contribution in [2.45, 2.75) is 12.6 Å². The Balaban J connectivity index is 2.02. The fourth-order valence-corrected chi connectivity index (χ4v) is 2.35. The third-order valence-corrected chi connectivity index (χ3v) is 3.41. The molecule has 0 fully saturated rings. The summed E-state index contributed by atoms with van der Waals surface area (Å²) in [4.78, 5) is 8.14. The van der Waals surface area contributed by atoms with Crippen LogP contribution in [-0.2, 0) is 12.6 Å². The lowest BCUT2D eigenvalue weighted by molar-refractivity contribution is -0.137. The molecule has 6 heteroatoms. The largest absolute Gasteiger partial charge is 0.416 e. The smallest absolute Gasteiger partial charge is 0.263 e. The van der Waals surface area contributed by atoms with Gasteiger partial charge in [0, 0.05) is 24.4 Å². The number of pyridine rings is 1. The summed E-state index contributed by atoms with van der Waals surface area (Å²) in [5.41, 5.74) is 1.78. The highest BCUT2D eigenvalue weighted by Gasteiger charge is 2.32. The molecule has 1 aromatic carbocycles. The summed E-state index contributed by atoms with van der Waals surface area (Å²) in [6.45, 7) is 0. The molecular weight excluding hydrogens is 289 g/mol. The highest BCUT2D eigenvalue weighted by Crippen LogP contribution is 2.36. The molecule has 0 bridgehead atoms. The molecule has 0 N–H and O–H groups in total. The molecule has 20 heavy (non-hydrogen) atoms. The number of halogens is 4. The van der Waals surface area contributed by atoms with Crippen LogP contribution in [-0.4, -0.2) is 10.7 Å². The van der Waals surface area contributed by atoms with Gasteiger partial charge in [0.1, 0.15) is 0 Å². The van der Waals surface area contributed by atoms with Crippen LogP contribution in [0.3, 0.4) is 0 Å². The Morgan fingerprint density at radius 2 is 1.95 bits per heavy atom. The molecular formula is C14H8ClF3N2. The van der Waals surface area contributed by atoms with Gasteiger partial charge in [-0.15, -0.1) is 0 Å². The van der Waals surface area contributed by atoms with E-state index < -0.39 is 11.7 Å². The second kappa shape index (κ2) is 4.59. The number of benzene rings is 1. The molecule has 0 amide bonds. The van der Waals surface area contributed by atoms with Gasteiger partial charge in [-0.25, -0.2) is 0 Å². The molecule has 2 heterocycles. The van der Waals surface area contributed by atoms with Crippen LogP contribution in [0.25, 0.3) is 0 Å². The Kier molecular flexibility index (Phi) is 3.01. The van der Waals surface area contributed by atoms with Crippen molar-refractivity contribution in [2.24, 2.45) is 4.99 Å². The van der Waals surface area contributed by atoms with Gasteiger partial charge in [0.05, 0.1) is 22.0 Å². The van der Waals surface area contributed by atoms with E-state index in [1.807, 2.05) is 0 Å². The first kappa shape index (κ1) is 13.1. The Hall–Kier alpha value is -1.88. The lowest BCUT2D eigenvalue weighted by atomic mass is 10.0. The number of fused-ring (bicyclic) bond motifs is 1. The average molecular weight is 297 g/mol. The van der Waals surface area contributed by atoms with Crippen molar-refractivity contribution in [3.8, 4) is 0 Å². The van der Waals surface area contributed by atoms with Crippen molar-refractivity contribution in [1.82, 2.24) is 4.98 Å². The second-order valence-electron chi connectivity index (χ2n) is 4.43. The molecule has 2 nitrogen and oxygen atoms in total. The van der Waals surface area contributed by atoms with Crippen LogP contribution >= 0.6 is 11.6 Å². The van der Waals surface area contributed by atoms with Gasteiger partial charge in [-0.05, 0) is 23.8 Å². The summed E-state index contributed by atoms with van der Waals surface area (Å²) < 4.78 is 38.0. The predicted octanol–water partition coefficient (Wildman–Crippen LogP) is 4.43. The number of aromatic nitrogens is 1. The monoisotopic (exact) mass is 296 g/mol. The van der Waals surface area contributed by atoms with Crippen molar-refractivity contribution >= 4 is 23.0 Å². The zero-order valence-corrected chi connectivity index (χ0v) is 10.8. The molecule has 0 aliphatic carbocycles. The van der Waals surface area contributed by atoms with Gasteiger partial charge in [-0.3, -0.25) is 9.98 Å². The van der Waals surface area contributed by atoms with E-state index in [9.17, 15) is 13.2 Å². The van der Waals surface area contributed by atoms with Gasteiger partial charge >= 0.3 is 6.18 Å². The van der Waals surface area contributed by atoms with Crippen molar-refractivity contribution < 1.29 is 13.2 Å². The fraction of sp³-hybridized carbons (Fsp3) is 0.143. The number of hydrogen-bond donors (Lipinski definition) is 0. The van der Waals surface area contributed by atoms with Crippen LogP contribution in [0.15, 0.2) is 41.7 Å². The minimum absolute atomic E-state index is 0.350. The van der Waals surface area contributed by atoms with Gasteiger partial charge in [0.15, 0.2) is 0 Å². The summed E-state index contributed by atoms with van der Waals surface area (Å²) in [5, 5.41) is 0.440. The highest BCUT2D eigenvalue weighted by molar-refractivity contribution is 6.34. The first-order chi connectivity index (χ1) is 9.45. The molecule has 2 aromatic rings. The highest BCUT2D eigenvalue weighted by atomic mass is 35.5. The van der Waals surface area contributed by atoms with Gasteiger partial charge in [0.2, 0.25) is 0 Å². The third kappa shape index (κ3) is 2.29. The molecule has 0 saturated heterocycles. The van der Waals surface area contributed by atoms with Crippen LogP contribution < -0.4 is 0 Å². The maximum atomic E-state index is 12.7. The third-order valence-electron chi connectivity index (χ3n) is 3.11. The number of rotatable bonds is 1. The normalized spacial score (nSPS) is 14.1. The fourth-order valence-electron chi connectivity index (χ4n) is 2.12. The molecule has 1 aliphatic heterocycles. The van der Waals surface area contributed by atoms with E-state index in [0.29, 0.717) is 28.4 Å². The van der Waals surface area contributed by atoms with Crippen molar-refractivity contribution in [3.63, 3.8) is 0 Å². The number of alkyl halides is 3. The molecule has 1 aliphatic rings. The Morgan fingerprint density at radius 1 is 1.15 bits per heavy atom. The summed E-state index contributed by atoms with van der Waals surface area (Å²) in [5.74, 6) is 0. The SMILES string of the molecule is FC(F)(F)c1ccc2c(c1)N=C(c1ccncc1Cl)C2. The van der Waals surface area contributed by atoms with E-state index in [4.69, 9.17) is 11.6 Å². The first-order valence-corrected chi connectivity index (χ1v) is 6.20. The number of hydrogen-bond acceptors (Lipinski definition) is 2. The van der Waals surface area contributed by atoms with Crippen LogP contribution in [0, 0.1) is 0 Å². The van der Waals surface area contributed by atoms with Crippen molar-refractivity contribution in [2.75, 3.05) is 0 Å². The van der Waals surface area contributed by atoms with Crippen molar-refractivity contribution in [3.05, 3.63) is 58.4 Å². The first-order valence-electron chi connectivity index (χ1n) is 5.83. The van der Waals surface area contributed by atoms with E-state index in [2.05, 4.69) is 9.98 Å². The van der Waals surface area contributed by atoms with Crippen LogP contribution in [0.4, 0.5) is 18.9 Å². The van der Waals surface area contributed by atoms with Gasteiger partial charge in [-0.1, -0.05) is 17.7 Å². The number of nitrogens with zero attached hydrogens (tertiary/aromatic N) is 2. The molecule has 0 atom stereocenters. The molecule has 0 spiro atoms. The summed E-state index contributed by atoms with van der Waals surface area (Å²) in [6.07, 6.45) is -0.823. The minimum Gasteiger partial charge on any atom is -0.263 e. The van der Waals surface area contributed by atoms with E-state index in [-0.39, 0.29) is 0 Å². The molecule has 3 rings (SSSR count). The summed E-state index contributed by atoms with van der Waals surface area (Å²) in [7, 11) is 0. The Bertz CT molecular complexity index is 708. The van der Waals surface area contributed by atoms with Gasteiger partial charge in [0.25, 0.3) is 0 Å². The Morgan fingerprint density at radius 3 is 2.65 bits per heavy atom. The molecule has 1 aromatic heterocycles. The maximum Gasteiger partial charge on any atom is 0.416 e. The molecule has 102 valence electrons. The van der Waals surface area contributed by atoms with Gasteiger partial charge < -0.3 is 0 Å². The van der Waals surface area contributed by atoms with Crippen molar-refractivity contribution in [1.29, 1.82) is 0 Å². The topological polar surface area (TPSA) is 25.2 Å². The van der Waals surface area contributed by atoms with E-state index in [0.717, 1.165) is 17.7 Å². The molecule has 0 saturated carbocycles. The zero-order chi connectivity index (χ0) is 14.3. The number of aliphatic imine (C=N–C) groups is 1. The second-order valence-corrected chi connectivity index (χ2v) is 4.84. The minimum atomic E-state index is -4.36. The van der Waals surface area contributed by atoms with E-state index >= 15 is 0 Å². The maximum absolute atomic E-state index is 12.7. The Labute approximate surface area is 117 Å². The standard InChI is InChI=1S/C14H8ClF3N2/c15-11-7-19-4-3-10(11)13-5-8-1-2-9(14(16,17)18)6-12(8)20-13/h1-4,6-7H,5H2. The molecule has 0 unspecified atom stereocenters. The lowest BCUT2D eigenvalue weighted by Crippen LogP contribution is -2.04. The summed E-state index contributed by atoms with van der Waals surface area (Å²) >= 11 is 6.03.